The number of rotatable bonds is 7. The predicted octanol–water partition coefficient (Wildman–Crippen LogP) is 5.33. The number of nitrogens with zero attached hydrogens (tertiary/aromatic N) is 1. The van der Waals surface area contributed by atoms with Crippen LogP contribution in [0.25, 0.3) is 11.6 Å². The third kappa shape index (κ3) is 5.71. The molecule has 0 bridgehead atoms. The Kier molecular flexibility index (Phi) is 7.05. The van der Waals surface area contributed by atoms with Crippen LogP contribution in [0.3, 0.4) is 0 Å². The summed E-state index contributed by atoms with van der Waals surface area (Å²) in [6.45, 7) is 0.296. The number of hydrogen-bond acceptors (Lipinski definition) is 4. The van der Waals surface area contributed by atoms with Crippen LogP contribution in [0.5, 0.6) is 5.75 Å². The molecular weight excluding hydrogens is 509 g/mol. The highest BCUT2D eigenvalue weighted by atomic mass is 127. The van der Waals surface area contributed by atoms with Crippen LogP contribution in [0.15, 0.2) is 66.7 Å². The van der Waals surface area contributed by atoms with Crippen molar-refractivity contribution in [1.82, 2.24) is 0 Å². The number of nitriles is 1. The average Bonchev–Trinajstić information content (AvgIpc) is 2.77. The Morgan fingerprint density at radius 2 is 1.45 bits per heavy atom. The predicted molar refractivity (Wildman–Crippen MR) is 124 cm³/mol. The minimum Gasteiger partial charge on any atom is -0.488 e. The van der Waals surface area contributed by atoms with Gasteiger partial charge in [-0.1, -0.05) is 30.3 Å². The molecule has 0 aromatic heterocycles. The molecule has 0 saturated carbocycles. The van der Waals surface area contributed by atoms with Crippen molar-refractivity contribution in [1.29, 1.82) is 5.26 Å². The highest BCUT2D eigenvalue weighted by Gasteiger charge is 2.08. The molecular formula is C24H16INO5. The number of allylic oxidation sites excluding steroid dienone is 1. The Balaban J connectivity index is 1.73. The van der Waals surface area contributed by atoms with Gasteiger partial charge in [-0.2, -0.15) is 5.26 Å². The van der Waals surface area contributed by atoms with Gasteiger partial charge in [-0.3, -0.25) is 0 Å². The van der Waals surface area contributed by atoms with E-state index in [9.17, 15) is 14.9 Å². The maximum absolute atomic E-state index is 11.0. The van der Waals surface area contributed by atoms with Gasteiger partial charge < -0.3 is 14.9 Å². The summed E-state index contributed by atoms with van der Waals surface area (Å²) < 4.78 is 6.69. The van der Waals surface area contributed by atoms with Crippen LogP contribution < -0.4 is 4.74 Å². The largest absolute Gasteiger partial charge is 0.488 e. The van der Waals surface area contributed by atoms with E-state index in [0.717, 1.165) is 14.7 Å². The first kappa shape index (κ1) is 22.1. The van der Waals surface area contributed by atoms with Gasteiger partial charge in [-0.25, -0.2) is 9.59 Å². The molecule has 3 rings (SSSR count). The summed E-state index contributed by atoms with van der Waals surface area (Å²) in [4.78, 5) is 21.9. The monoisotopic (exact) mass is 525 g/mol. The van der Waals surface area contributed by atoms with Crippen molar-refractivity contribution in [3.05, 3.63) is 98.1 Å². The van der Waals surface area contributed by atoms with Crippen molar-refractivity contribution < 1.29 is 24.5 Å². The van der Waals surface area contributed by atoms with E-state index in [4.69, 9.17) is 14.9 Å². The lowest BCUT2D eigenvalue weighted by atomic mass is 10.0. The van der Waals surface area contributed by atoms with Crippen LogP contribution in [-0.2, 0) is 6.61 Å². The first-order valence-electron chi connectivity index (χ1n) is 9.07. The van der Waals surface area contributed by atoms with Gasteiger partial charge in [0.05, 0.1) is 26.3 Å². The Morgan fingerprint density at radius 1 is 0.903 bits per heavy atom. The van der Waals surface area contributed by atoms with Crippen molar-refractivity contribution in [3.63, 3.8) is 0 Å². The summed E-state index contributed by atoms with van der Waals surface area (Å²) in [6, 6.07) is 20.3. The standard InChI is InChI=1S/C24H16INO5/c25-21-12-16(11-20(13-26)17-6-8-19(9-7-17)24(29)30)3-10-22(21)31-14-15-1-4-18(5-2-15)23(27)28/h1-12H,14H2,(H,27,28)(H,29,30)/b20-11-. The van der Waals surface area contributed by atoms with E-state index < -0.39 is 11.9 Å². The fourth-order valence-corrected chi connectivity index (χ4v) is 3.46. The molecule has 0 heterocycles. The molecule has 7 heteroatoms. The molecule has 154 valence electrons. The summed E-state index contributed by atoms with van der Waals surface area (Å²) in [7, 11) is 0. The number of halogens is 1. The molecule has 0 radical (unpaired) electrons. The van der Waals surface area contributed by atoms with Gasteiger partial charge >= 0.3 is 11.9 Å². The molecule has 3 aromatic carbocycles. The number of carboxylic acids is 2. The van der Waals surface area contributed by atoms with Crippen molar-refractivity contribution in [2.24, 2.45) is 0 Å². The number of aromatic carboxylic acids is 2. The third-order valence-corrected chi connectivity index (χ3v) is 5.27. The smallest absolute Gasteiger partial charge is 0.335 e. The molecule has 0 fully saturated rings. The van der Waals surface area contributed by atoms with Gasteiger partial charge in [0.2, 0.25) is 0 Å². The van der Waals surface area contributed by atoms with Gasteiger partial charge in [0.25, 0.3) is 0 Å². The van der Waals surface area contributed by atoms with E-state index in [1.807, 2.05) is 18.2 Å². The Labute approximate surface area is 192 Å². The molecule has 6 nitrogen and oxygen atoms in total. The maximum Gasteiger partial charge on any atom is 0.335 e. The molecule has 0 unspecified atom stereocenters. The molecule has 0 spiro atoms. The first-order valence-corrected chi connectivity index (χ1v) is 10.2. The summed E-state index contributed by atoms with van der Waals surface area (Å²) >= 11 is 2.15. The molecule has 0 atom stereocenters. The molecule has 3 aromatic rings. The topological polar surface area (TPSA) is 108 Å². The average molecular weight is 525 g/mol. The second kappa shape index (κ2) is 9.91. The van der Waals surface area contributed by atoms with Crippen LogP contribution in [-0.4, -0.2) is 22.2 Å². The number of benzene rings is 3. The molecule has 2 N–H and O–H groups in total. The second-order valence-electron chi connectivity index (χ2n) is 6.53. The van der Waals surface area contributed by atoms with Gasteiger partial charge in [0.15, 0.2) is 0 Å². The van der Waals surface area contributed by atoms with Crippen LogP contribution in [0.1, 0.15) is 37.4 Å². The summed E-state index contributed by atoms with van der Waals surface area (Å²) in [5.41, 5.74) is 3.09. The lowest BCUT2D eigenvalue weighted by Crippen LogP contribution is -1.99. The maximum atomic E-state index is 11.0. The molecule has 31 heavy (non-hydrogen) atoms. The number of hydrogen-bond donors (Lipinski definition) is 2. The number of carbonyl (C=O) groups is 2. The minimum atomic E-state index is -1.02. The van der Waals surface area contributed by atoms with Crippen molar-refractivity contribution >= 4 is 46.2 Å². The second-order valence-corrected chi connectivity index (χ2v) is 7.70. The zero-order valence-electron chi connectivity index (χ0n) is 16.1. The quantitative estimate of drug-likeness (QED) is 0.245. The van der Waals surface area contributed by atoms with Crippen LogP contribution in [0, 0.1) is 14.9 Å². The van der Waals surface area contributed by atoms with E-state index in [0.29, 0.717) is 23.5 Å². The number of ether oxygens (including phenoxy) is 1. The van der Waals surface area contributed by atoms with Gasteiger partial charge in [-0.15, -0.1) is 0 Å². The lowest BCUT2D eigenvalue weighted by Gasteiger charge is -2.09. The normalized spacial score (nSPS) is 10.9. The summed E-state index contributed by atoms with van der Waals surface area (Å²) in [5, 5.41) is 27.5. The van der Waals surface area contributed by atoms with Gasteiger partial charge in [-0.05, 0) is 81.8 Å². The fourth-order valence-electron chi connectivity index (χ4n) is 2.77. The van der Waals surface area contributed by atoms with Crippen molar-refractivity contribution in [3.8, 4) is 11.8 Å². The van der Waals surface area contributed by atoms with Gasteiger partial charge in [0, 0.05) is 0 Å². The van der Waals surface area contributed by atoms with Crippen molar-refractivity contribution in [2.75, 3.05) is 0 Å². The first-order chi connectivity index (χ1) is 14.9. The molecule has 0 saturated heterocycles. The van der Waals surface area contributed by atoms with E-state index in [1.54, 1.807) is 30.3 Å². The van der Waals surface area contributed by atoms with E-state index in [1.165, 1.54) is 24.3 Å². The Bertz CT molecular complexity index is 1190. The van der Waals surface area contributed by atoms with E-state index >= 15 is 0 Å². The van der Waals surface area contributed by atoms with Crippen LogP contribution in [0.4, 0.5) is 0 Å². The fraction of sp³-hybridized carbons (Fsp3) is 0.0417. The SMILES string of the molecule is N#C/C(=C/c1ccc(OCc2ccc(C(=O)O)cc2)c(I)c1)c1ccc(C(=O)O)cc1. The number of carboxylic acid groups (broad SMARTS) is 2. The highest BCUT2D eigenvalue weighted by Crippen LogP contribution is 2.26. The van der Waals surface area contributed by atoms with Crippen LogP contribution >= 0.6 is 22.6 Å². The summed E-state index contributed by atoms with van der Waals surface area (Å²) in [5.74, 6) is -1.32. The van der Waals surface area contributed by atoms with E-state index in [-0.39, 0.29) is 11.1 Å². The van der Waals surface area contributed by atoms with Crippen molar-refractivity contribution in [2.45, 2.75) is 6.61 Å². The zero-order chi connectivity index (χ0) is 22.4. The van der Waals surface area contributed by atoms with Crippen LogP contribution in [0.2, 0.25) is 0 Å². The molecule has 0 aliphatic heterocycles. The lowest BCUT2D eigenvalue weighted by molar-refractivity contribution is 0.0686. The summed E-state index contributed by atoms with van der Waals surface area (Å²) in [6.07, 6.45) is 1.73. The Hall–Kier alpha value is -3.64. The molecule has 0 aliphatic carbocycles. The van der Waals surface area contributed by atoms with E-state index in [2.05, 4.69) is 28.7 Å². The molecule has 0 aliphatic rings. The Morgan fingerprint density at radius 3 is 1.97 bits per heavy atom. The van der Waals surface area contributed by atoms with Gasteiger partial charge in [0.1, 0.15) is 12.4 Å². The minimum absolute atomic E-state index is 0.162. The zero-order valence-corrected chi connectivity index (χ0v) is 18.2. The highest BCUT2D eigenvalue weighted by molar-refractivity contribution is 14.1. The molecule has 0 amide bonds. The third-order valence-electron chi connectivity index (χ3n) is 4.43.